The molecule has 1 heterocycles. The second-order valence-electron chi connectivity index (χ2n) is 2.57. The average molecular weight is 189 g/mol. The molecule has 0 aliphatic carbocycles. The molecule has 0 bridgehead atoms. The van der Waals surface area contributed by atoms with Crippen LogP contribution in [0.2, 0.25) is 0 Å². The first-order valence-electron chi connectivity index (χ1n) is 3.76. The molecule has 0 aromatic rings. The number of carboxylic acid groups (broad SMARTS) is 1. The zero-order valence-corrected chi connectivity index (χ0v) is 7.63. The van der Waals surface area contributed by atoms with Gasteiger partial charge in [0, 0.05) is 12.2 Å². The minimum atomic E-state index is -0.901. The maximum absolute atomic E-state index is 11.2. The van der Waals surface area contributed by atoms with Crippen LogP contribution in [0.5, 0.6) is 0 Å². The lowest BCUT2D eigenvalue weighted by Gasteiger charge is -2.19. The molecule has 68 valence electrons. The van der Waals surface area contributed by atoms with Crippen LogP contribution in [0.15, 0.2) is 0 Å². The molecule has 0 aromatic carbocycles. The lowest BCUT2D eigenvalue weighted by molar-refractivity contribution is -0.147. The molecule has 1 atom stereocenters. The molecular formula is C7H11NO3S. The summed E-state index contributed by atoms with van der Waals surface area (Å²) in [5.41, 5.74) is 0. The zero-order valence-electron chi connectivity index (χ0n) is 6.82. The number of aliphatic carboxylic acids is 1. The number of thioether (sulfide) groups is 1. The van der Waals surface area contributed by atoms with Gasteiger partial charge < -0.3 is 10.0 Å². The number of carbonyl (C=O) groups is 2. The van der Waals surface area contributed by atoms with E-state index in [4.69, 9.17) is 5.11 Å². The number of hydrogen-bond donors (Lipinski definition) is 1. The van der Waals surface area contributed by atoms with Gasteiger partial charge in [-0.25, -0.2) is 4.79 Å². The molecule has 1 aliphatic rings. The third-order valence-electron chi connectivity index (χ3n) is 1.79. The molecule has 1 rings (SSSR count). The molecule has 12 heavy (non-hydrogen) atoms. The maximum Gasteiger partial charge on any atom is 0.327 e. The topological polar surface area (TPSA) is 57.6 Å². The first-order chi connectivity index (χ1) is 5.66. The van der Waals surface area contributed by atoms with Gasteiger partial charge in [-0.3, -0.25) is 4.79 Å². The Balaban J connectivity index is 2.63. The fraction of sp³-hybridized carbons (Fsp3) is 0.714. The Kier molecular flexibility index (Phi) is 2.97. The van der Waals surface area contributed by atoms with E-state index in [0.717, 1.165) is 0 Å². The smallest absolute Gasteiger partial charge is 0.327 e. The van der Waals surface area contributed by atoms with E-state index in [1.807, 2.05) is 0 Å². The standard InChI is InChI=1S/C7H11NO3S/c1-2-6(9)8-4-12-3-5(8)7(10)11/h5H,2-4H2,1H3,(H,10,11)/t5-/m1/s1. The molecule has 1 fully saturated rings. The number of carboxylic acids is 1. The Bertz CT molecular complexity index is 207. The number of carbonyl (C=O) groups excluding carboxylic acids is 1. The van der Waals surface area contributed by atoms with E-state index < -0.39 is 12.0 Å². The van der Waals surface area contributed by atoms with E-state index in [1.54, 1.807) is 6.92 Å². The summed E-state index contributed by atoms with van der Waals surface area (Å²) in [5.74, 6) is 0.0549. The van der Waals surface area contributed by atoms with Gasteiger partial charge in [0.25, 0.3) is 0 Å². The van der Waals surface area contributed by atoms with Crippen molar-refractivity contribution in [2.75, 3.05) is 11.6 Å². The third-order valence-corrected chi connectivity index (χ3v) is 2.80. The average Bonchev–Trinajstić information content (AvgIpc) is 2.50. The number of hydrogen-bond acceptors (Lipinski definition) is 3. The summed E-state index contributed by atoms with van der Waals surface area (Å²) in [6.07, 6.45) is 0.379. The van der Waals surface area contributed by atoms with Gasteiger partial charge >= 0.3 is 5.97 Å². The molecule has 0 spiro atoms. The SMILES string of the molecule is CCC(=O)N1CSC[C@@H]1C(=O)O. The van der Waals surface area contributed by atoms with Crippen molar-refractivity contribution < 1.29 is 14.7 Å². The molecular weight excluding hydrogens is 178 g/mol. The van der Waals surface area contributed by atoms with Crippen molar-refractivity contribution in [2.24, 2.45) is 0 Å². The fourth-order valence-electron chi connectivity index (χ4n) is 1.10. The van der Waals surface area contributed by atoms with Gasteiger partial charge in [0.1, 0.15) is 6.04 Å². The predicted octanol–water partition coefficient (Wildman–Crippen LogP) is 0.383. The third kappa shape index (κ3) is 1.72. The van der Waals surface area contributed by atoms with Crippen LogP contribution in [0.4, 0.5) is 0 Å². The monoisotopic (exact) mass is 189 g/mol. The van der Waals surface area contributed by atoms with E-state index in [9.17, 15) is 9.59 Å². The highest BCUT2D eigenvalue weighted by atomic mass is 32.2. The summed E-state index contributed by atoms with van der Waals surface area (Å²) in [5, 5.41) is 8.72. The Morgan fingerprint density at radius 1 is 1.67 bits per heavy atom. The van der Waals surface area contributed by atoms with Gasteiger partial charge in [-0.05, 0) is 0 Å². The van der Waals surface area contributed by atoms with Crippen LogP contribution in [0, 0.1) is 0 Å². The van der Waals surface area contributed by atoms with Crippen LogP contribution >= 0.6 is 11.8 Å². The Hall–Kier alpha value is -0.710. The highest BCUT2D eigenvalue weighted by molar-refractivity contribution is 7.99. The first kappa shape index (κ1) is 9.38. The van der Waals surface area contributed by atoms with E-state index in [0.29, 0.717) is 18.1 Å². The van der Waals surface area contributed by atoms with Crippen molar-refractivity contribution in [1.82, 2.24) is 4.90 Å². The summed E-state index contributed by atoms with van der Waals surface area (Å²) in [7, 11) is 0. The quantitative estimate of drug-likeness (QED) is 0.682. The lowest BCUT2D eigenvalue weighted by atomic mass is 10.3. The van der Waals surface area contributed by atoms with Gasteiger partial charge in [0.15, 0.2) is 0 Å². The zero-order chi connectivity index (χ0) is 9.14. The highest BCUT2D eigenvalue weighted by Gasteiger charge is 2.33. The minimum absolute atomic E-state index is 0.0765. The summed E-state index contributed by atoms with van der Waals surface area (Å²) < 4.78 is 0. The van der Waals surface area contributed by atoms with E-state index in [1.165, 1.54) is 16.7 Å². The van der Waals surface area contributed by atoms with Crippen LogP contribution in [0.25, 0.3) is 0 Å². The number of rotatable bonds is 2. The van der Waals surface area contributed by atoms with Crippen molar-refractivity contribution in [3.05, 3.63) is 0 Å². The van der Waals surface area contributed by atoms with Crippen LogP contribution in [0.3, 0.4) is 0 Å². The molecule has 5 heteroatoms. The predicted molar refractivity (Wildman–Crippen MR) is 45.9 cm³/mol. The first-order valence-corrected chi connectivity index (χ1v) is 4.92. The minimum Gasteiger partial charge on any atom is -0.480 e. The number of nitrogens with zero attached hydrogens (tertiary/aromatic N) is 1. The largest absolute Gasteiger partial charge is 0.480 e. The Labute approximate surface area is 74.9 Å². The summed E-state index contributed by atoms with van der Waals surface area (Å²) in [4.78, 5) is 23.2. The summed E-state index contributed by atoms with van der Waals surface area (Å²) >= 11 is 1.49. The second-order valence-corrected chi connectivity index (χ2v) is 3.57. The molecule has 0 radical (unpaired) electrons. The molecule has 0 aromatic heterocycles. The van der Waals surface area contributed by atoms with Gasteiger partial charge in [-0.2, -0.15) is 0 Å². The van der Waals surface area contributed by atoms with Crippen molar-refractivity contribution in [3.8, 4) is 0 Å². The molecule has 1 amide bonds. The molecule has 1 saturated heterocycles. The van der Waals surface area contributed by atoms with E-state index in [2.05, 4.69) is 0 Å². The van der Waals surface area contributed by atoms with Gasteiger partial charge in [-0.15, -0.1) is 11.8 Å². The van der Waals surface area contributed by atoms with Crippen molar-refractivity contribution in [1.29, 1.82) is 0 Å². The van der Waals surface area contributed by atoms with Crippen molar-refractivity contribution >= 4 is 23.6 Å². The lowest BCUT2D eigenvalue weighted by Crippen LogP contribution is -2.41. The number of amides is 1. The van der Waals surface area contributed by atoms with Crippen LogP contribution in [0.1, 0.15) is 13.3 Å². The molecule has 0 saturated carbocycles. The summed E-state index contributed by atoms with van der Waals surface area (Å²) in [6, 6.07) is -0.609. The highest BCUT2D eigenvalue weighted by Crippen LogP contribution is 2.21. The second kappa shape index (κ2) is 3.80. The van der Waals surface area contributed by atoms with Gasteiger partial charge in [0.05, 0.1) is 5.88 Å². The summed E-state index contributed by atoms with van der Waals surface area (Å²) in [6.45, 7) is 1.74. The van der Waals surface area contributed by atoms with E-state index >= 15 is 0 Å². The van der Waals surface area contributed by atoms with Crippen LogP contribution < -0.4 is 0 Å². The van der Waals surface area contributed by atoms with E-state index in [-0.39, 0.29) is 5.91 Å². The van der Waals surface area contributed by atoms with Crippen LogP contribution in [-0.4, -0.2) is 39.6 Å². The Morgan fingerprint density at radius 2 is 2.33 bits per heavy atom. The Morgan fingerprint density at radius 3 is 2.83 bits per heavy atom. The van der Waals surface area contributed by atoms with Gasteiger partial charge in [-0.1, -0.05) is 6.92 Å². The van der Waals surface area contributed by atoms with Crippen molar-refractivity contribution in [3.63, 3.8) is 0 Å². The molecule has 1 aliphatic heterocycles. The fourth-order valence-corrected chi connectivity index (χ4v) is 2.27. The normalized spacial score (nSPS) is 22.8. The maximum atomic E-state index is 11.2. The molecule has 0 unspecified atom stereocenters. The molecule has 4 nitrogen and oxygen atoms in total. The van der Waals surface area contributed by atoms with Crippen molar-refractivity contribution in [2.45, 2.75) is 19.4 Å². The molecule has 1 N–H and O–H groups in total. The van der Waals surface area contributed by atoms with Gasteiger partial charge in [0.2, 0.25) is 5.91 Å². The van der Waals surface area contributed by atoms with Crippen LogP contribution in [-0.2, 0) is 9.59 Å².